The van der Waals surface area contributed by atoms with Crippen molar-refractivity contribution in [2.45, 2.75) is 96.2 Å². The number of aromatic nitrogens is 4. The maximum Gasteiger partial charge on any atom is 0.238 e. The molecule has 12 heteroatoms. The Morgan fingerprint density at radius 2 is 1.87 bits per heavy atom. The number of rotatable bonds is 7. The molecule has 54 heavy (non-hydrogen) atoms. The highest BCUT2D eigenvalue weighted by Crippen LogP contribution is 2.52. The number of amides is 2. The van der Waals surface area contributed by atoms with Crippen molar-refractivity contribution in [3.63, 3.8) is 0 Å². The number of carbonyl (C=O) groups excluding carboxylic acids is 2. The highest BCUT2D eigenvalue weighted by Gasteiger charge is 2.56. The zero-order valence-electron chi connectivity index (χ0n) is 31.9. The highest BCUT2D eigenvalue weighted by molar-refractivity contribution is 6.09. The number of fused-ring (bicyclic) bond motifs is 3. The molecule has 1 spiro atoms. The van der Waals surface area contributed by atoms with Gasteiger partial charge in [-0.1, -0.05) is 26.0 Å². The molecule has 3 saturated heterocycles. The van der Waals surface area contributed by atoms with Crippen LogP contribution in [0.4, 0.5) is 21.6 Å². The number of halogens is 1. The van der Waals surface area contributed by atoms with E-state index in [1.807, 2.05) is 15.5 Å². The molecular formula is C42H51FN8O3. The van der Waals surface area contributed by atoms with Gasteiger partial charge >= 0.3 is 0 Å². The molecule has 1 saturated carbocycles. The highest BCUT2D eigenvalue weighted by atomic mass is 19.1. The van der Waals surface area contributed by atoms with Crippen molar-refractivity contribution in [1.29, 1.82) is 0 Å². The Morgan fingerprint density at radius 3 is 2.57 bits per heavy atom. The Morgan fingerprint density at radius 1 is 1.06 bits per heavy atom. The second-order valence-corrected chi connectivity index (χ2v) is 17.3. The third-order valence-corrected chi connectivity index (χ3v) is 12.9. The molecule has 0 bridgehead atoms. The van der Waals surface area contributed by atoms with Gasteiger partial charge in [-0.3, -0.25) is 19.5 Å². The molecule has 4 aliphatic heterocycles. The first kappa shape index (κ1) is 35.3. The summed E-state index contributed by atoms with van der Waals surface area (Å²) in [6.45, 7) is 13.4. The molecule has 9 rings (SSSR count). The summed E-state index contributed by atoms with van der Waals surface area (Å²) in [4.78, 5) is 49.0. The summed E-state index contributed by atoms with van der Waals surface area (Å²) in [7, 11) is 0. The van der Waals surface area contributed by atoms with Crippen LogP contribution in [0.3, 0.4) is 0 Å². The van der Waals surface area contributed by atoms with Crippen LogP contribution in [-0.2, 0) is 19.7 Å². The Labute approximate surface area is 316 Å². The fraction of sp³-hybridized carbons (Fsp3) is 0.548. The number of pyridine rings is 2. The van der Waals surface area contributed by atoms with Gasteiger partial charge in [-0.2, -0.15) is 0 Å². The molecule has 11 nitrogen and oxygen atoms in total. The number of ether oxygens (including phenoxy) is 1. The fourth-order valence-corrected chi connectivity index (χ4v) is 9.72. The summed E-state index contributed by atoms with van der Waals surface area (Å²) >= 11 is 0. The summed E-state index contributed by atoms with van der Waals surface area (Å²) in [6, 6.07) is 10.6. The van der Waals surface area contributed by atoms with E-state index in [4.69, 9.17) is 14.7 Å². The summed E-state index contributed by atoms with van der Waals surface area (Å²) in [6.07, 6.45) is 10.6. The largest absolute Gasteiger partial charge is 0.381 e. The SMILES string of the molecule is CC(C)n1cnc2cc(-c3ccc4c(c3)N([C@H]3C[C@@H](N5CCC(C)(C)C5)C3)C(=O)C43CCN(C(=O)C4CCCOC4)CC3)nc(Nc3ccncc3F)c21. The van der Waals surface area contributed by atoms with Crippen molar-refractivity contribution in [1.82, 2.24) is 29.3 Å². The van der Waals surface area contributed by atoms with Gasteiger partial charge in [-0.05, 0) is 94.5 Å². The second kappa shape index (κ2) is 13.4. The Balaban J connectivity index is 1.07. The quantitative estimate of drug-likeness (QED) is 0.220. The third kappa shape index (κ3) is 5.96. The lowest BCUT2D eigenvalue weighted by atomic mass is 9.73. The summed E-state index contributed by atoms with van der Waals surface area (Å²) in [5.74, 6) is 0.269. The molecule has 4 fully saturated rings. The van der Waals surface area contributed by atoms with Crippen LogP contribution in [0.5, 0.6) is 0 Å². The molecule has 1 N–H and O–H groups in total. The van der Waals surface area contributed by atoms with Crippen molar-refractivity contribution in [3.05, 3.63) is 60.4 Å². The minimum atomic E-state index is -0.673. The van der Waals surface area contributed by atoms with Crippen molar-refractivity contribution in [3.8, 4) is 11.3 Å². The molecule has 3 aromatic heterocycles. The minimum absolute atomic E-state index is 0.0906. The maximum absolute atomic E-state index is 15.0. The Bertz CT molecular complexity index is 2090. The van der Waals surface area contributed by atoms with Gasteiger partial charge in [0, 0.05) is 61.8 Å². The number of anilines is 3. The number of nitrogens with one attached hydrogen (secondary N) is 1. The number of hydrogen-bond acceptors (Lipinski definition) is 8. The smallest absolute Gasteiger partial charge is 0.238 e. The van der Waals surface area contributed by atoms with Crippen LogP contribution in [0.1, 0.15) is 84.2 Å². The molecule has 1 atom stereocenters. The van der Waals surface area contributed by atoms with E-state index in [1.165, 1.54) is 12.6 Å². The van der Waals surface area contributed by atoms with Crippen LogP contribution in [0.15, 0.2) is 49.1 Å². The summed E-state index contributed by atoms with van der Waals surface area (Å²) in [5.41, 5.74) is 5.01. The van der Waals surface area contributed by atoms with Gasteiger partial charge in [0.1, 0.15) is 5.52 Å². The van der Waals surface area contributed by atoms with Gasteiger partial charge in [0.15, 0.2) is 11.6 Å². The summed E-state index contributed by atoms with van der Waals surface area (Å²) < 4.78 is 22.6. The average Bonchev–Trinajstić information content (AvgIpc) is 3.82. The van der Waals surface area contributed by atoms with E-state index in [1.54, 1.807) is 18.6 Å². The van der Waals surface area contributed by atoms with Crippen LogP contribution in [0.2, 0.25) is 0 Å². The minimum Gasteiger partial charge on any atom is -0.381 e. The first-order valence-electron chi connectivity index (χ1n) is 19.8. The predicted octanol–water partition coefficient (Wildman–Crippen LogP) is 6.85. The second-order valence-electron chi connectivity index (χ2n) is 17.3. The van der Waals surface area contributed by atoms with E-state index in [0.717, 1.165) is 73.2 Å². The van der Waals surface area contributed by atoms with Crippen molar-refractivity contribution in [2.24, 2.45) is 11.3 Å². The molecule has 1 aliphatic carbocycles. The van der Waals surface area contributed by atoms with Crippen molar-refractivity contribution < 1.29 is 18.7 Å². The van der Waals surface area contributed by atoms with E-state index in [2.05, 4.69) is 66.0 Å². The molecule has 0 radical (unpaired) electrons. The number of likely N-dealkylation sites (tertiary alicyclic amines) is 2. The zero-order valence-corrected chi connectivity index (χ0v) is 31.9. The normalized spacial score (nSPS) is 25.1. The number of piperidine rings is 1. The van der Waals surface area contributed by atoms with Gasteiger partial charge in [0.05, 0.1) is 47.4 Å². The zero-order chi connectivity index (χ0) is 37.4. The maximum atomic E-state index is 15.0. The van der Waals surface area contributed by atoms with Crippen LogP contribution in [0.25, 0.3) is 22.3 Å². The standard InChI is InChI=1S/C42H51FN8O3/c1-26(2)50-25-45-35-21-34(47-38(37(35)50)46-33-9-13-44-22-32(33)43)27-7-8-31-36(18-27)51(30-19-29(20-30)49-14-10-41(3,4)24-49)40(53)42(31)11-15-48(16-12-42)39(52)28-6-5-17-54-23-28/h7-9,13,18,21-22,25-26,28-30H,5-6,10-12,14-17,19-20,23-24H2,1-4H3,(H,44,46,47)/t28?,29-,30+. The topological polar surface area (TPSA) is 109 Å². The first-order chi connectivity index (χ1) is 26.0. The predicted molar refractivity (Wildman–Crippen MR) is 206 cm³/mol. The third-order valence-electron chi connectivity index (χ3n) is 12.9. The monoisotopic (exact) mass is 734 g/mol. The Kier molecular flexibility index (Phi) is 8.76. The molecule has 1 unspecified atom stereocenters. The number of hydrogen-bond donors (Lipinski definition) is 1. The lowest BCUT2D eigenvalue weighted by Gasteiger charge is -2.47. The van der Waals surface area contributed by atoms with Crippen LogP contribution >= 0.6 is 0 Å². The van der Waals surface area contributed by atoms with E-state index in [9.17, 15) is 14.0 Å². The average molecular weight is 735 g/mol. The number of benzene rings is 1. The number of carbonyl (C=O) groups is 2. The first-order valence-corrected chi connectivity index (χ1v) is 19.8. The Hall–Kier alpha value is -4.42. The molecule has 2 amide bonds. The number of nitrogens with zero attached hydrogens (tertiary/aromatic N) is 7. The molecule has 284 valence electrons. The molecular weight excluding hydrogens is 684 g/mol. The fourth-order valence-electron chi connectivity index (χ4n) is 9.72. The molecule has 5 aliphatic rings. The van der Waals surface area contributed by atoms with Crippen molar-refractivity contribution in [2.75, 3.05) is 49.6 Å². The van der Waals surface area contributed by atoms with E-state index < -0.39 is 11.2 Å². The molecule has 7 heterocycles. The molecule has 1 aromatic carbocycles. The van der Waals surface area contributed by atoms with Gasteiger partial charge in [0.25, 0.3) is 0 Å². The van der Waals surface area contributed by atoms with Gasteiger partial charge in [0.2, 0.25) is 11.8 Å². The summed E-state index contributed by atoms with van der Waals surface area (Å²) in [5, 5.41) is 3.24. The van der Waals surface area contributed by atoms with Crippen LogP contribution in [0, 0.1) is 17.2 Å². The molecule has 4 aromatic rings. The number of imidazole rings is 1. The lowest BCUT2D eigenvalue weighted by Crippen LogP contribution is -2.58. The van der Waals surface area contributed by atoms with Crippen molar-refractivity contribution >= 4 is 40.0 Å². The van der Waals surface area contributed by atoms with Gasteiger partial charge in [-0.25, -0.2) is 14.4 Å². The van der Waals surface area contributed by atoms with Crippen LogP contribution < -0.4 is 10.2 Å². The van der Waals surface area contributed by atoms with Crippen LogP contribution in [-0.4, -0.2) is 92.6 Å². The van der Waals surface area contributed by atoms with E-state index in [0.29, 0.717) is 55.5 Å². The lowest BCUT2D eigenvalue weighted by molar-refractivity contribution is -0.143. The van der Waals surface area contributed by atoms with E-state index in [-0.39, 0.29) is 35.5 Å². The van der Waals surface area contributed by atoms with E-state index >= 15 is 0 Å². The van der Waals surface area contributed by atoms with Gasteiger partial charge < -0.3 is 24.4 Å². The van der Waals surface area contributed by atoms with Gasteiger partial charge in [-0.15, -0.1) is 0 Å².